The van der Waals surface area contributed by atoms with Crippen molar-refractivity contribution in [3.63, 3.8) is 0 Å². The van der Waals surface area contributed by atoms with Crippen molar-refractivity contribution in [2.75, 3.05) is 34.2 Å². The van der Waals surface area contributed by atoms with Gasteiger partial charge in [-0.05, 0) is 0 Å². The molecule has 0 bridgehead atoms. The quantitative estimate of drug-likeness (QED) is 0.464. The maximum Gasteiger partial charge on any atom is 0.376 e. The molecule has 3 aliphatic heterocycles. The number of likely N-dealkylation sites (tertiary alicyclic amines) is 2. The third kappa shape index (κ3) is 1.40. The number of nitrogens with zero attached hydrogens (tertiary/aromatic N) is 2. The molecule has 2 amide bonds. The van der Waals surface area contributed by atoms with Gasteiger partial charge in [-0.2, -0.15) is 0 Å². The molecule has 4 atom stereocenters. The number of hydrogen-bond acceptors (Lipinski definition) is 6. The monoisotopic (exact) mass is 273 g/mol. The molecule has 8 heteroatoms. The summed E-state index contributed by atoms with van der Waals surface area (Å²) in [5, 5.41) is 20.7. The first kappa shape index (κ1) is 12.9. The van der Waals surface area contributed by atoms with E-state index in [0.29, 0.717) is 0 Å². The summed E-state index contributed by atoms with van der Waals surface area (Å²) < 4.78 is 10.6. The molecule has 0 aromatic heterocycles. The van der Waals surface area contributed by atoms with Gasteiger partial charge in [0, 0.05) is 7.05 Å². The van der Waals surface area contributed by atoms with Crippen molar-refractivity contribution in [3.05, 3.63) is 0 Å². The second kappa shape index (κ2) is 3.33. The Labute approximate surface area is 109 Å². The predicted octanol–water partition coefficient (Wildman–Crippen LogP) is -2.76. The van der Waals surface area contributed by atoms with Gasteiger partial charge in [0.2, 0.25) is 0 Å². The summed E-state index contributed by atoms with van der Waals surface area (Å²) in [5.74, 6) is -5.38. The third-order valence-electron chi connectivity index (χ3n) is 4.09. The van der Waals surface area contributed by atoms with Crippen molar-refractivity contribution in [1.29, 1.82) is 0 Å². The summed E-state index contributed by atoms with van der Waals surface area (Å²) in [6.45, 7) is 0.187. The Morgan fingerprint density at radius 1 is 1.21 bits per heavy atom. The van der Waals surface area contributed by atoms with Gasteiger partial charge in [0.15, 0.2) is 6.10 Å². The summed E-state index contributed by atoms with van der Waals surface area (Å²) in [4.78, 5) is 25.3. The first-order valence-electron chi connectivity index (χ1n) is 6.05. The highest BCUT2D eigenvalue weighted by molar-refractivity contribution is 5.87. The number of ether oxygens (including phenoxy) is 2. The van der Waals surface area contributed by atoms with Crippen molar-refractivity contribution >= 4 is 11.8 Å². The predicted molar refractivity (Wildman–Crippen MR) is 59.3 cm³/mol. The van der Waals surface area contributed by atoms with Crippen LogP contribution >= 0.6 is 0 Å². The number of quaternary nitrogens is 1. The van der Waals surface area contributed by atoms with Gasteiger partial charge in [-0.3, -0.25) is 9.28 Å². The van der Waals surface area contributed by atoms with Crippen LogP contribution in [0.25, 0.3) is 0 Å². The van der Waals surface area contributed by atoms with Crippen molar-refractivity contribution in [2.45, 2.75) is 23.8 Å². The smallest absolute Gasteiger partial charge is 0.356 e. The Bertz CT molecular complexity index is 480. The molecule has 0 aromatic carbocycles. The number of hydrogen-bond donors (Lipinski definition) is 2. The highest BCUT2D eigenvalue weighted by Gasteiger charge is 2.73. The molecule has 2 N–H and O–H groups in total. The maximum absolute atomic E-state index is 12.2. The minimum absolute atomic E-state index is 0.0606. The molecule has 106 valence electrons. The topological polar surface area (TPSA) is 96.3 Å². The van der Waals surface area contributed by atoms with E-state index in [9.17, 15) is 19.8 Å². The molecule has 3 heterocycles. The van der Waals surface area contributed by atoms with Crippen LogP contribution in [0.15, 0.2) is 0 Å². The highest BCUT2D eigenvalue weighted by Crippen LogP contribution is 2.43. The van der Waals surface area contributed by atoms with E-state index in [4.69, 9.17) is 9.47 Å². The van der Waals surface area contributed by atoms with Crippen LogP contribution in [0.5, 0.6) is 0 Å². The molecular weight excluding hydrogens is 256 g/mol. The van der Waals surface area contributed by atoms with Gasteiger partial charge < -0.3 is 24.6 Å². The van der Waals surface area contributed by atoms with E-state index in [1.54, 1.807) is 14.1 Å². The van der Waals surface area contributed by atoms with E-state index in [0.717, 1.165) is 0 Å². The molecule has 4 unspecified atom stereocenters. The Morgan fingerprint density at radius 2 is 1.79 bits per heavy atom. The molecule has 0 aliphatic carbocycles. The molecule has 3 aliphatic rings. The van der Waals surface area contributed by atoms with E-state index in [2.05, 4.69) is 0 Å². The molecule has 0 aromatic rings. The average molecular weight is 273 g/mol. The minimum atomic E-state index is -2.11. The average Bonchev–Trinajstić information content (AvgIpc) is 2.60. The molecule has 3 rings (SSSR count). The number of likely N-dealkylation sites (N-methyl/N-ethyl adjacent to an activating group) is 2. The molecule has 19 heavy (non-hydrogen) atoms. The Kier molecular flexibility index (Phi) is 2.27. The lowest BCUT2D eigenvalue weighted by Crippen LogP contribution is -2.65. The fourth-order valence-electron chi connectivity index (χ4n) is 2.98. The molecule has 3 fully saturated rings. The van der Waals surface area contributed by atoms with Gasteiger partial charge in [-0.1, -0.05) is 0 Å². The lowest BCUT2D eigenvalue weighted by Gasteiger charge is -2.39. The Morgan fingerprint density at radius 3 is 2.42 bits per heavy atom. The third-order valence-corrected chi connectivity index (χ3v) is 4.09. The van der Waals surface area contributed by atoms with E-state index in [-0.39, 0.29) is 17.6 Å². The molecule has 0 radical (unpaired) electrons. The molecule has 8 nitrogen and oxygen atoms in total. The summed E-state index contributed by atoms with van der Waals surface area (Å²) in [6, 6.07) is 0. The summed E-state index contributed by atoms with van der Waals surface area (Å²) in [5.41, 5.74) is 0. The van der Waals surface area contributed by atoms with Crippen molar-refractivity contribution in [2.24, 2.45) is 0 Å². The van der Waals surface area contributed by atoms with Gasteiger partial charge in [0.1, 0.15) is 12.6 Å². The fraction of sp³-hybridized carbons (Fsp3) is 0.818. The van der Waals surface area contributed by atoms with Gasteiger partial charge in [0.25, 0.3) is 11.7 Å². The van der Waals surface area contributed by atoms with Crippen LogP contribution in [0.3, 0.4) is 0 Å². The van der Waals surface area contributed by atoms with E-state index >= 15 is 0 Å². The molecule has 3 saturated heterocycles. The van der Waals surface area contributed by atoms with Crippen LogP contribution in [0.4, 0.5) is 0 Å². The van der Waals surface area contributed by atoms with Gasteiger partial charge in [-0.15, -0.1) is 0 Å². The largest absolute Gasteiger partial charge is 0.376 e. The second-order valence-electron chi connectivity index (χ2n) is 5.96. The second-order valence-corrected chi connectivity index (χ2v) is 5.96. The lowest BCUT2D eigenvalue weighted by atomic mass is 10.1. The SMILES string of the molecule is CN1CC2OC3(O)C(=O)[N+](C)(C)CC3OC2(O)C1=O. The van der Waals surface area contributed by atoms with Crippen LogP contribution < -0.4 is 0 Å². The molecule has 0 spiro atoms. The standard InChI is InChI=1S/C11H17N2O6/c1-12-4-6-10(16,8(12)14)19-7-5-13(2,3)9(15)11(7,17)18-6/h6-7,16-17H,4-5H2,1-3H3/q+1. The first-order valence-corrected chi connectivity index (χ1v) is 6.05. The first-order chi connectivity index (χ1) is 8.61. The summed E-state index contributed by atoms with van der Waals surface area (Å²) in [7, 11) is 4.71. The van der Waals surface area contributed by atoms with Gasteiger partial charge >= 0.3 is 11.7 Å². The number of carbonyl (C=O) groups is 2. The number of carbonyl (C=O) groups excluding carboxylic acids is 2. The van der Waals surface area contributed by atoms with Gasteiger partial charge in [-0.25, -0.2) is 4.79 Å². The fourth-order valence-corrected chi connectivity index (χ4v) is 2.98. The Balaban J connectivity index is 1.99. The van der Waals surface area contributed by atoms with Crippen LogP contribution in [0.2, 0.25) is 0 Å². The van der Waals surface area contributed by atoms with Crippen LogP contribution in [-0.2, 0) is 19.1 Å². The van der Waals surface area contributed by atoms with Crippen molar-refractivity contribution in [1.82, 2.24) is 4.90 Å². The zero-order valence-electron chi connectivity index (χ0n) is 11.0. The Hall–Kier alpha value is -1.06. The summed E-state index contributed by atoms with van der Waals surface area (Å²) in [6.07, 6.45) is -2.14. The van der Waals surface area contributed by atoms with Crippen LogP contribution in [0, 0.1) is 0 Å². The van der Waals surface area contributed by atoms with E-state index in [1.807, 2.05) is 0 Å². The van der Waals surface area contributed by atoms with Crippen molar-refractivity contribution in [3.8, 4) is 0 Å². The lowest BCUT2D eigenvalue weighted by molar-refractivity contribution is -0.808. The summed E-state index contributed by atoms with van der Waals surface area (Å²) >= 11 is 0. The maximum atomic E-state index is 12.2. The molecular formula is C11H17N2O6+. The van der Waals surface area contributed by atoms with Crippen LogP contribution in [-0.4, -0.2) is 89.4 Å². The molecule has 0 saturated carbocycles. The van der Waals surface area contributed by atoms with Crippen LogP contribution in [0.1, 0.15) is 0 Å². The number of aliphatic hydroxyl groups is 2. The normalized spacial score (nSPS) is 48.4. The van der Waals surface area contributed by atoms with E-state index < -0.39 is 35.6 Å². The number of amides is 2. The van der Waals surface area contributed by atoms with E-state index in [1.165, 1.54) is 11.9 Å². The number of fused-ring (bicyclic) bond motifs is 2. The van der Waals surface area contributed by atoms with Gasteiger partial charge in [0.05, 0.1) is 20.6 Å². The van der Waals surface area contributed by atoms with Crippen molar-refractivity contribution < 1.29 is 33.8 Å². The minimum Gasteiger partial charge on any atom is -0.356 e. The highest BCUT2D eigenvalue weighted by atomic mass is 16.8. The zero-order chi connectivity index (χ0) is 14.2. The number of rotatable bonds is 0. The zero-order valence-corrected chi connectivity index (χ0v) is 11.0.